The summed E-state index contributed by atoms with van der Waals surface area (Å²) in [7, 11) is 1.30. The summed E-state index contributed by atoms with van der Waals surface area (Å²) in [5.41, 5.74) is -1.22. The quantitative estimate of drug-likeness (QED) is 0.687. The van der Waals surface area contributed by atoms with Crippen LogP contribution < -0.4 is 5.56 Å². The first kappa shape index (κ1) is 10.4. The fourth-order valence-corrected chi connectivity index (χ4v) is 1.04. The Morgan fingerprint density at radius 2 is 2.21 bits per heavy atom. The van der Waals surface area contributed by atoms with Crippen molar-refractivity contribution in [3.8, 4) is 0 Å². The second kappa shape index (κ2) is 3.61. The summed E-state index contributed by atoms with van der Waals surface area (Å²) in [6.45, 7) is 3.27. The third kappa shape index (κ3) is 1.81. The Kier molecular flexibility index (Phi) is 2.69. The first-order valence-corrected chi connectivity index (χ1v) is 4.12. The first-order chi connectivity index (χ1) is 6.48. The largest absolute Gasteiger partial charge is 0.468 e. The van der Waals surface area contributed by atoms with Crippen molar-refractivity contribution >= 4 is 5.97 Å². The van der Waals surface area contributed by atoms with Crippen molar-refractivity contribution in [1.82, 2.24) is 9.97 Å². The van der Waals surface area contributed by atoms with E-state index in [2.05, 4.69) is 14.7 Å². The van der Waals surface area contributed by atoms with E-state index in [1.807, 2.05) is 0 Å². The normalized spacial score (nSPS) is 11.1. The minimum atomic E-state index is -0.935. The number of carbonyl (C=O) groups excluding carboxylic acids is 1. The third-order valence-electron chi connectivity index (χ3n) is 1.96. The molecule has 0 saturated heterocycles. The summed E-state index contributed by atoms with van der Waals surface area (Å²) >= 11 is 0. The van der Waals surface area contributed by atoms with Gasteiger partial charge in [0.1, 0.15) is 11.2 Å². The number of nitrogens with zero attached hydrogens (tertiary/aromatic N) is 1. The highest BCUT2D eigenvalue weighted by molar-refractivity contribution is 5.80. The van der Waals surface area contributed by atoms with Crippen LogP contribution >= 0.6 is 0 Å². The maximum absolute atomic E-state index is 11.4. The van der Waals surface area contributed by atoms with E-state index in [1.54, 1.807) is 13.8 Å². The zero-order valence-corrected chi connectivity index (χ0v) is 8.33. The Labute approximate surface area is 81.1 Å². The number of carbonyl (C=O) groups is 1. The van der Waals surface area contributed by atoms with Crippen LogP contribution in [0.2, 0.25) is 0 Å². The predicted octanol–water partition coefficient (Wildman–Crippen LogP) is 0.220. The van der Waals surface area contributed by atoms with Crippen LogP contribution in [0, 0.1) is 0 Å². The van der Waals surface area contributed by atoms with Crippen LogP contribution in [-0.2, 0) is 14.9 Å². The summed E-state index contributed by atoms with van der Waals surface area (Å²) in [6.07, 6.45) is 1.36. The Morgan fingerprint density at radius 3 is 2.71 bits per heavy atom. The third-order valence-corrected chi connectivity index (χ3v) is 1.96. The summed E-state index contributed by atoms with van der Waals surface area (Å²) < 4.78 is 4.61. The zero-order chi connectivity index (χ0) is 10.8. The number of aromatic amines is 1. The fourth-order valence-electron chi connectivity index (χ4n) is 1.04. The monoisotopic (exact) mass is 196 g/mol. The molecule has 0 atom stereocenters. The summed E-state index contributed by atoms with van der Waals surface area (Å²) in [5.74, 6) is -0.135. The minimum Gasteiger partial charge on any atom is -0.468 e. The van der Waals surface area contributed by atoms with E-state index in [0.29, 0.717) is 5.82 Å². The van der Waals surface area contributed by atoms with Crippen molar-refractivity contribution in [3.05, 3.63) is 28.4 Å². The van der Waals surface area contributed by atoms with Crippen molar-refractivity contribution in [3.63, 3.8) is 0 Å². The number of aromatic nitrogens is 2. The van der Waals surface area contributed by atoms with Crippen LogP contribution in [0.25, 0.3) is 0 Å². The summed E-state index contributed by atoms with van der Waals surface area (Å²) in [6, 6.07) is 1.29. The zero-order valence-electron chi connectivity index (χ0n) is 8.33. The average molecular weight is 196 g/mol. The molecule has 1 heterocycles. The number of ether oxygens (including phenoxy) is 1. The van der Waals surface area contributed by atoms with Gasteiger partial charge in [0, 0.05) is 12.3 Å². The van der Waals surface area contributed by atoms with Gasteiger partial charge in [-0.3, -0.25) is 9.59 Å². The van der Waals surface area contributed by atoms with E-state index in [4.69, 9.17) is 0 Å². The Balaban J connectivity index is 3.16. The van der Waals surface area contributed by atoms with Gasteiger partial charge in [0.15, 0.2) is 0 Å². The first-order valence-electron chi connectivity index (χ1n) is 4.12. The molecule has 1 aromatic rings. The average Bonchev–Trinajstić information content (AvgIpc) is 2.16. The SMILES string of the molecule is COC(=O)C(C)(C)c1nccc(=O)[nH]1. The number of esters is 1. The molecule has 5 nitrogen and oxygen atoms in total. The summed E-state index contributed by atoms with van der Waals surface area (Å²) in [4.78, 5) is 28.8. The van der Waals surface area contributed by atoms with Crippen LogP contribution in [0.4, 0.5) is 0 Å². The Morgan fingerprint density at radius 1 is 1.57 bits per heavy atom. The number of hydrogen-bond acceptors (Lipinski definition) is 4. The van der Waals surface area contributed by atoms with Crippen molar-refractivity contribution in [2.24, 2.45) is 0 Å². The molecule has 1 aromatic heterocycles. The molecule has 5 heteroatoms. The van der Waals surface area contributed by atoms with E-state index >= 15 is 0 Å². The van der Waals surface area contributed by atoms with Gasteiger partial charge in [0.25, 0.3) is 5.56 Å². The second-order valence-corrected chi connectivity index (χ2v) is 3.40. The standard InChI is InChI=1S/C9H12N2O3/c1-9(2,8(13)14-3)7-10-5-4-6(12)11-7/h4-5H,1-3H3,(H,10,11,12). The van der Waals surface area contributed by atoms with Crippen LogP contribution in [0.1, 0.15) is 19.7 Å². The molecule has 0 radical (unpaired) electrons. The van der Waals surface area contributed by atoms with E-state index in [1.165, 1.54) is 19.4 Å². The molecule has 0 fully saturated rings. The van der Waals surface area contributed by atoms with Crippen LogP contribution in [0.3, 0.4) is 0 Å². The smallest absolute Gasteiger partial charge is 0.318 e. The van der Waals surface area contributed by atoms with Gasteiger partial charge in [0.2, 0.25) is 0 Å². The molecule has 1 rings (SSSR count). The lowest BCUT2D eigenvalue weighted by Crippen LogP contribution is -2.34. The number of rotatable bonds is 2. The molecule has 0 spiro atoms. The summed E-state index contributed by atoms with van der Waals surface area (Å²) in [5, 5.41) is 0. The van der Waals surface area contributed by atoms with E-state index in [0.717, 1.165) is 0 Å². The molecule has 76 valence electrons. The van der Waals surface area contributed by atoms with E-state index in [-0.39, 0.29) is 5.56 Å². The molecular weight excluding hydrogens is 184 g/mol. The van der Waals surface area contributed by atoms with Crippen molar-refractivity contribution in [2.45, 2.75) is 19.3 Å². The van der Waals surface area contributed by atoms with Gasteiger partial charge < -0.3 is 9.72 Å². The van der Waals surface area contributed by atoms with Gasteiger partial charge in [-0.1, -0.05) is 0 Å². The van der Waals surface area contributed by atoms with Gasteiger partial charge in [-0.15, -0.1) is 0 Å². The van der Waals surface area contributed by atoms with Crippen molar-refractivity contribution in [1.29, 1.82) is 0 Å². The number of H-pyrrole nitrogens is 1. The van der Waals surface area contributed by atoms with Crippen molar-refractivity contribution < 1.29 is 9.53 Å². The molecule has 0 unspecified atom stereocenters. The lowest BCUT2D eigenvalue weighted by molar-refractivity contribution is -0.146. The van der Waals surface area contributed by atoms with Gasteiger partial charge in [-0.05, 0) is 13.8 Å². The lowest BCUT2D eigenvalue weighted by atomic mass is 9.92. The Hall–Kier alpha value is -1.65. The van der Waals surface area contributed by atoms with Gasteiger partial charge >= 0.3 is 5.97 Å². The number of hydrogen-bond donors (Lipinski definition) is 1. The van der Waals surface area contributed by atoms with Gasteiger partial charge in [-0.25, -0.2) is 4.98 Å². The van der Waals surface area contributed by atoms with Gasteiger partial charge in [0.05, 0.1) is 7.11 Å². The molecule has 1 N–H and O–H groups in total. The maximum atomic E-state index is 11.4. The van der Waals surface area contributed by atoms with Gasteiger partial charge in [-0.2, -0.15) is 0 Å². The van der Waals surface area contributed by atoms with E-state index < -0.39 is 11.4 Å². The minimum absolute atomic E-state index is 0.285. The predicted molar refractivity (Wildman–Crippen MR) is 49.9 cm³/mol. The lowest BCUT2D eigenvalue weighted by Gasteiger charge is -2.19. The van der Waals surface area contributed by atoms with Crippen LogP contribution in [0.15, 0.2) is 17.1 Å². The maximum Gasteiger partial charge on any atom is 0.318 e. The Bertz CT molecular complexity index is 395. The molecule has 0 aliphatic carbocycles. The molecule has 0 saturated carbocycles. The van der Waals surface area contributed by atoms with E-state index in [9.17, 15) is 9.59 Å². The molecule has 0 aromatic carbocycles. The fraction of sp³-hybridized carbons (Fsp3) is 0.444. The second-order valence-electron chi connectivity index (χ2n) is 3.40. The highest BCUT2D eigenvalue weighted by Crippen LogP contribution is 2.19. The molecule has 0 bridgehead atoms. The van der Waals surface area contributed by atoms with Crippen molar-refractivity contribution in [2.75, 3.05) is 7.11 Å². The molecule has 0 aliphatic heterocycles. The van der Waals surface area contributed by atoms with Crippen LogP contribution in [-0.4, -0.2) is 23.0 Å². The number of nitrogens with one attached hydrogen (secondary N) is 1. The highest BCUT2D eigenvalue weighted by Gasteiger charge is 2.33. The topological polar surface area (TPSA) is 72.0 Å². The highest BCUT2D eigenvalue weighted by atomic mass is 16.5. The molecular formula is C9H12N2O3. The van der Waals surface area contributed by atoms with Crippen LogP contribution in [0.5, 0.6) is 0 Å². The molecule has 0 aliphatic rings. The number of methoxy groups -OCH3 is 1. The molecule has 14 heavy (non-hydrogen) atoms. The molecule has 0 amide bonds.